The summed E-state index contributed by atoms with van der Waals surface area (Å²) in [6, 6.07) is 22.2. The monoisotopic (exact) mass is 425 g/mol. The molecule has 3 aromatic carbocycles. The van der Waals surface area contributed by atoms with Crippen molar-refractivity contribution in [2.75, 3.05) is 11.4 Å². The lowest BCUT2D eigenvalue weighted by Crippen LogP contribution is -2.38. The summed E-state index contributed by atoms with van der Waals surface area (Å²) in [5, 5.41) is 6.96. The molecule has 0 aliphatic rings. The summed E-state index contributed by atoms with van der Waals surface area (Å²) in [5.41, 5.74) is 4.60. The molecule has 0 radical (unpaired) electrons. The molecule has 0 saturated carbocycles. The van der Waals surface area contributed by atoms with E-state index in [4.69, 9.17) is 0 Å². The van der Waals surface area contributed by atoms with Crippen LogP contribution >= 0.6 is 0 Å². The lowest BCUT2D eigenvalue weighted by Gasteiger charge is -2.27. The maximum Gasteiger partial charge on any atom is 0.251 e. The molecule has 7 nitrogen and oxygen atoms in total. The number of hydrogen-bond donors (Lipinski definition) is 1. The van der Waals surface area contributed by atoms with E-state index >= 15 is 0 Å². The Hall–Kier alpha value is -4.26. The Kier molecular flexibility index (Phi) is 6.07. The van der Waals surface area contributed by atoms with Gasteiger partial charge in [-0.25, -0.2) is 9.67 Å². The average molecular weight is 425 g/mol. The maximum atomic E-state index is 13.5. The Morgan fingerprint density at radius 1 is 0.906 bits per heavy atom. The third-order valence-corrected chi connectivity index (χ3v) is 5.22. The Labute approximate surface area is 186 Å². The summed E-state index contributed by atoms with van der Waals surface area (Å²) in [4.78, 5) is 31.6. The molecule has 160 valence electrons. The van der Waals surface area contributed by atoms with Crippen molar-refractivity contribution in [3.63, 3.8) is 0 Å². The van der Waals surface area contributed by atoms with Gasteiger partial charge in [0, 0.05) is 5.56 Å². The standard InChI is InChI=1S/C25H23N5O2/c1-18-9-6-7-12-21(18)30(24(31)15-27-25(32)20-10-4-3-5-11-20)23-14-8-13-22(19(23)2)29-17-26-16-28-29/h3-14,16-17H,15H2,1-2H3,(H,27,32). The molecular formula is C25H23N5O2. The van der Waals surface area contributed by atoms with Gasteiger partial charge in [0.05, 0.1) is 23.6 Å². The topological polar surface area (TPSA) is 80.1 Å². The second-order valence-electron chi connectivity index (χ2n) is 7.33. The van der Waals surface area contributed by atoms with E-state index in [0.29, 0.717) is 11.3 Å². The van der Waals surface area contributed by atoms with E-state index < -0.39 is 0 Å². The highest BCUT2D eigenvalue weighted by atomic mass is 16.2. The predicted molar refractivity (Wildman–Crippen MR) is 123 cm³/mol. The highest BCUT2D eigenvalue weighted by Gasteiger charge is 2.23. The fraction of sp³-hybridized carbons (Fsp3) is 0.120. The molecule has 2 amide bonds. The Morgan fingerprint density at radius 3 is 2.34 bits per heavy atom. The fourth-order valence-electron chi connectivity index (χ4n) is 3.57. The van der Waals surface area contributed by atoms with Gasteiger partial charge >= 0.3 is 0 Å². The largest absolute Gasteiger partial charge is 0.343 e. The van der Waals surface area contributed by atoms with Gasteiger partial charge in [-0.2, -0.15) is 5.10 Å². The van der Waals surface area contributed by atoms with Gasteiger partial charge in [-0.05, 0) is 55.3 Å². The number of anilines is 2. The SMILES string of the molecule is Cc1ccccc1N(C(=O)CNC(=O)c1ccccc1)c1cccc(-n2cncn2)c1C. The van der Waals surface area contributed by atoms with Gasteiger partial charge < -0.3 is 5.32 Å². The fourth-order valence-corrected chi connectivity index (χ4v) is 3.57. The Morgan fingerprint density at radius 2 is 1.62 bits per heavy atom. The molecule has 0 saturated heterocycles. The molecule has 0 aliphatic carbocycles. The van der Waals surface area contributed by atoms with Crippen LogP contribution in [0.1, 0.15) is 21.5 Å². The number of hydrogen-bond acceptors (Lipinski definition) is 4. The number of amides is 2. The number of para-hydroxylation sites is 1. The van der Waals surface area contributed by atoms with E-state index in [1.165, 1.54) is 6.33 Å². The van der Waals surface area contributed by atoms with Crippen molar-refractivity contribution in [2.45, 2.75) is 13.8 Å². The molecule has 0 aliphatic heterocycles. The average Bonchev–Trinajstić information content (AvgIpc) is 3.35. The number of carbonyl (C=O) groups is 2. The van der Waals surface area contributed by atoms with Crippen LogP contribution in [-0.2, 0) is 4.79 Å². The lowest BCUT2D eigenvalue weighted by molar-refractivity contribution is -0.117. The second-order valence-corrected chi connectivity index (χ2v) is 7.33. The van der Waals surface area contributed by atoms with E-state index in [1.54, 1.807) is 40.2 Å². The van der Waals surface area contributed by atoms with Crippen LogP contribution in [0.25, 0.3) is 5.69 Å². The minimum Gasteiger partial charge on any atom is -0.343 e. The number of nitrogens with one attached hydrogen (secondary N) is 1. The molecular weight excluding hydrogens is 402 g/mol. The quantitative estimate of drug-likeness (QED) is 0.507. The highest BCUT2D eigenvalue weighted by Crippen LogP contribution is 2.33. The van der Waals surface area contributed by atoms with Gasteiger partial charge in [0.15, 0.2) is 0 Å². The van der Waals surface area contributed by atoms with Crippen molar-refractivity contribution in [3.05, 3.63) is 102 Å². The number of nitrogens with zero attached hydrogens (tertiary/aromatic N) is 4. The van der Waals surface area contributed by atoms with Gasteiger partial charge in [0.2, 0.25) is 0 Å². The van der Waals surface area contributed by atoms with Crippen molar-refractivity contribution in [2.24, 2.45) is 0 Å². The number of rotatable bonds is 6. The molecule has 0 bridgehead atoms. The van der Waals surface area contributed by atoms with Gasteiger partial charge in [0.1, 0.15) is 12.7 Å². The molecule has 7 heteroatoms. The van der Waals surface area contributed by atoms with E-state index in [9.17, 15) is 9.59 Å². The Balaban J connectivity index is 1.69. The number of carbonyl (C=O) groups excluding carboxylic acids is 2. The Bertz CT molecular complexity index is 1240. The van der Waals surface area contributed by atoms with Crippen LogP contribution in [0.4, 0.5) is 11.4 Å². The smallest absolute Gasteiger partial charge is 0.251 e. The van der Waals surface area contributed by atoms with Crippen molar-refractivity contribution in [1.82, 2.24) is 20.1 Å². The van der Waals surface area contributed by atoms with Crippen molar-refractivity contribution in [1.29, 1.82) is 0 Å². The first-order valence-electron chi connectivity index (χ1n) is 10.2. The van der Waals surface area contributed by atoms with Gasteiger partial charge in [-0.3, -0.25) is 14.5 Å². The first-order chi connectivity index (χ1) is 15.6. The van der Waals surface area contributed by atoms with E-state index in [1.807, 2.05) is 62.4 Å². The van der Waals surface area contributed by atoms with Gasteiger partial charge in [0.25, 0.3) is 11.8 Å². The molecule has 4 aromatic rings. The number of benzene rings is 3. The molecule has 1 aromatic heterocycles. The third kappa shape index (κ3) is 4.27. The zero-order valence-electron chi connectivity index (χ0n) is 17.9. The molecule has 0 fully saturated rings. The van der Waals surface area contributed by atoms with Crippen molar-refractivity contribution < 1.29 is 9.59 Å². The van der Waals surface area contributed by atoms with Gasteiger partial charge in [-0.1, -0.05) is 42.5 Å². The van der Waals surface area contributed by atoms with Gasteiger partial charge in [-0.15, -0.1) is 0 Å². The minimum atomic E-state index is -0.295. The zero-order valence-corrected chi connectivity index (χ0v) is 17.9. The number of aromatic nitrogens is 3. The highest BCUT2D eigenvalue weighted by molar-refractivity contribution is 6.05. The molecule has 1 heterocycles. The maximum absolute atomic E-state index is 13.5. The normalized spacial score (nSPS) is 10.6. The van der Waals surface area contributed by atoms with Crippen LogP contribution in [0, 0.1) is 13.8 Å². The first-order valence-corrected chi connectivity index (χ1v) is 10.2. The molecule has 1 N–H and O–H groups in total. The summed E-state index contributed by atoms with van der Waals surface area (Å²) in [6.45, 7) is 3.75. The third-order valence-electron chi connectivity index (χ3n) is 5.22. The summed E-state index contributed by atoms with van der Waals surface area (Å²) >= 11 is 0. The summed E-state index contributed by atoms with van der Waals surface area (Å²) in [5.74, 6) is -0.542. The molecule has 0 spiro atoms. The van der Waals surface area contributed by atoms with Crippen LogP contribution in [-0.4, -0.2) is 33.1 Å². The summed E-state index contributed by atoms with van der Waals surface area (Å²) < 4.78 is 1.66. The van der Waals surface area contributed by atoms with Crippen molar-refractivity contribution >= 4 is 23.2 Å². The summed E-state index contributed by atoms with van der Waals surface area (Å²) in [6.07, 6.45) is 3.08. The zero-order chi connectivity index (χ0) is 22.5. The van der Waals surface area contributed by atoms with Crippen LogP contribution in [0.2, 0.25) is 0 Å². The number of aryl methyl sites for hydroxylation is 1. The molecule has 0 unspecified atom stereocenters. The van der Waals surface area contributed by atoms with Crippen LogP contribution < -0.4 is 10.2 Å². The van der Waals surface area contributed by atoms with Crippen LogP contribution in [0.5, 0.6) is 0 Å². The minimum absolute atomic E-state index is 0.144. The van der Waals surface area contributed by atoms with Crippen LogP contribution in [0.15, 0.2) is 85.5 Å². The molecule has 4 rings (SSSR count). The summed E-state index contributed by atoms with van der Waals surface area (Å²) in [7, 11) is 0. The molecule has 0 atom stereocenters. The van der Waals surface area contributed by atoms with Crippen molar-refractivity contribution in [3.8, 4) is 5.69 Å². The molecule has 32 heavy (non-hydrogen) atoms. The van der Waals surface area contributed by atoms with E-state index in [0.717, 1.165) is 22.5 Å². The van der Waals surface area contributed by atoms with Crippen LogP contribution in [0.3, 0.4) is 0 Å². The lowest BCUT2D eigenvalue weighted by atomic mass is 10.1. The predicted octanol–water partition coefficient (Wildman–Crippen LogP) is 3.98. The first kappa shape index (κ1) is 21.0. The van der Waals surface area contributed by atoms with E-state index in [-0.39, 0.29) is 18.4 Å². The van der Waals surface area contributed by atoms with E-state index in [2.05, 4.69) is 15.4 Å². The second kappa shape index (κ2) is 9.26.